The van der Waals surface area contributed by atoms with Crippen LogP contribution in [-0.2, 0) is 0 Å². The molecule has 0 aliphatic carbocycles. The maximum Gasteiger partial charge on any atom is 0.231 e. The minimum atomic E-state index is -0.0524. The van der Waals surface area contributed by atoms with E-state index in [1.165, 1.54) is 5.69 Å². The molecule has 0 spiro atoms. The van der Waals surface area contributed by atoms with Crippen LogP contribution in [0.3, 0.4) is 0 Å². The summed E-state index contributed by atoms with van der Waals surface area (Å²) in [6.45, 7) is 6.24. The van der Waals surface area contributed by atoms with E-state index >= 15 is 0 Å². The first kappa shape index (κ1) is 14.4. The molecule has 3 rings (SSSR count). The van der Waals surface area contributed by atoms with E-state index in [0.29, 0.717) is 17.1 Å². The molecule has 0 aromatic heterocycles. The molecule has 0 unspecified atom stereocenters. The summed E-state index contributed by atoms with van der Waals surface area (Å²) in [6, 6.07) is 15.5. The molecule has 22 heavy (non-hydrogen) atoms. The molecular formula is C19H19NO2. The molecule has 1 heterocycles. The number of ether oxygens (including phenoxy) is 1. The third-order valence-electron chi connectivity index (χ3n) is 3.89. The number of hydrogen-bond donors (Lipinski definition) is 0. The van der Waals surface area contributed by atoms with Gasteiger partial charge in [-0.25, -0.2) is 0 Å². The number of anilines is 1. The number of carbonyl (C=O) groups excluding carboxylic acids is 1. The highest BCUT2D eigenvalue weighted by Crippen LogP contribution is 2.31. The van der Waals surface area contributed by atoms with Crippen LogP contribution in [0.15, 0.2) is 54.3 Å². The topological polar surface area (TPSA) is 29.5 Å². The Bertz CT molecular complexity index is 712. The summed E-state index contributed by atoms with van der Waals surface area (Å²) in [7, 11) is 0. The molecule has 0 amide bonds. The Morgan fingerprint density at radius 3 is 2.32 bits per heavy atom. The molecule has 1 aliphatic rings. The molecule has 3 heteroatoms. The van der Waals surface area contributed by atoms with Crippen LogP contribution in [-0.4, -0.2) is 18.9 Å². The number of carbonyl (C=O) groups is 1. The van der Waals surface area contributed by atoms with E-state index in [-0.39, 0.29) is 5.78 Å². The van der Waals surface area contributed by atoms with Gasteiger partial charge in [-0.2, -0.15) is 0 Å². The molecule has 0 saturated carbocycles. The fraction of sp³-hybridized carbons (Fsp3) is 0.211. The zero-order valence-electron chi connectivity index (χ0n) is 12.9. The van der Waals surface area contributed by atoms with Gasteiger partial charge in [-0.3, -0.25) is 4.79 Å². The Kier molecular flexibility index (Phi) is 3.96. The summed E-state index contributed by atoms with van der Waals surface area (Å²) in [6.07, 6.45) is 1.80. The number of nitrogens with zero attached hydrogens (tertiary/aromatic N) is 1. The summed E-state index contributed by atoms with van der Waals surface area (Å²) in [4.78, 5) is 14.5. The maximum absolute atomic E-state index is 12.3. The number of hydrogen-bond acceptors (Lipinski definition) is 3. The SMILES string of the molecule is CCN(CC)c1ccc(/C=C2/Oc3ccccc3C2=O)cc1. The lowest BCUT2D eigenvalue weighted by atomic mass is 10.1. The first-order valence-electron chi connectivity index (χ1n) is 7.61. The van der Waals surface area contributed by atoms with Crippen molar-refractivity contribution in [3.63, 3.8) is 0 Å². The quantitative estimate of drug-likeness (QED) is 0.793. The lowest BCUT2D eigenvalue weighted by molar-refractivity contribution is 0.101. The summed E-state index contributed by atoms with van der Waals surface area (Å²) in [5, 5.41) is 0. The summed E-state index contributed by atoms with van der Waals surface area (Å²) in [5.41, 5.74) is 2.79. The maximum atomic E-state index is 12.3. The molecule has 0 fully saturated rings. The first-order chi connectivity index (χ1) is 10.7. The fourth-order valence-corrected chi connectivity index (χ4v) is 2.66. The second-order valence-corrected chi connectivity index (χ2v) is 5.20. The second-order valence-electron chi connectivity index (χ2n) is 5.20. The van der Waals surface area contributed by atoms with E-state index < -0.39 is 0 Å². The van der Waals surface area contributed by atoms with Crippen molar-refractivity contribution in [3.8, 4) is 5.75 Å². The Hall–Kier alpha value is -2.55. The van der Waals surface area contributed by atoms with Crippen LogP contribution < -0.4 is 9.64 Å². The van der Waals surface area contributed by atoms with Crippen molar-refractivity contribution in [2.75, 3.05) is 18.0 Å². The Morgan fingerprint density at radius 1 is 1.00 bits per heavy atom. The number of ketones is 1. The van der Waals surface area contributed by atoms with Crippen molar-refractivity contribution in [1.82, 2.24) is 0 Å². The Labute approximate surface area is 130 Å². The predicted molar refractivity (Wildman–Crippen MR) is 89.4 cm³/mol. The van der Waals surface area contributed by atoms with Gasteiger partial charge in [0.1, 0.15) is 5.75 Å². The number of rotatable bonds is 4. The van der Waals surface area contributed by atoms with Crippen molar-refractivity contribution >= 4 is 17.5 Å². The van der Waals surface area contributed by atoms with Crippen molar-refractivity contribution < 1.29 is 9.53 Å². The third-order valence-corrected chi connectivity index (χ3v) is 3.89. The van der Waals surface area contributed by atoms with Crippen molar-refractivity contribution in [2.24, 2.45) is 0 Å². The van der Waals surface area contributed by atoms with Crippen LogP contribution in [0.1, 0.15) is 29.8 Å². The first-order valence-corrected chi connectivity index (χ1v) is 7.61. The highest BCUT2D eigenvalue weighted by atomic mass is 16.5. The molecule has 0 radical (unpaired) electrons. The molecule has 0 atom stereocenters. The lowest BCUT2D eigenvalue weighted by Gasteiger charge is -2.20. The standard InChI is InChI=1S/C19H19NO2/c1-3-20(4-2)15-11-9-14(10-12-15)13-18-19(21)16-7-5-6-8-17(16)22-18/h5-13H,3-4H2,1-2H3/b18-13+. The van der Waals surface area contributed by atoms with E-state index in [2.05, 4.69) is 30.9 Å². The van der Waals surface area contributed by atoms with Gasteiger partial charge in [-0.1, -0.05) is 24.3 Å². The van der Waals surface area contributed by atoms with E-state index in [0.717, 1.165) is 18.7 Å². The average molecular weight is 293 g/mol. The monoisotopic (exact) mass is 293 g/mol. The largest absolute Gasteiger partial charge is 0.452 e. The molecule has 2 aromatic carbocycles. The van der Waals surface area contributed by atoms with Crippen LogP contribution in [0.25, 0.3) is 6.08 Å². The van der Waals surface area contributed by atoms with Crippen molar-refractivity contribution in [3.05, 3.63) is 65.4 Å². The minimum Gasteiger partial charge on any atom is -0.452 e. The molecule has 112 valence electrons. The molecule has 0 N–H and O–H groups in total. The number of benzene rings is 2. The van der Waals surface area contributed by atoms with Crippen LogP contribution in [0.5, 0.6) is 5.75 Å². The van der Waals surface area contributed by atoms with Crippen molar-refractivity contribution in [2.45, 2.75) is 13.8 Å². The summed E-state index contributed by atoms with van der Waals surface area (Å²) < 4.78 is 5.64. The second kappa shape index (κ2) is 6.06. The highest BCUT2D eigenvalue weighted by Gasteiger charge is 2.26. The fourth-order valence-electron chi connectivity index (χ4n) is 2.66. The Morgan fingerprint density at radius 2 is 1.68 bits per heavy atom. The molecule has 2 aromatic rings. The van der Waals surface area contributed by atoms with Gasteiger partial charge in [0.05, 0.1) is 5.56 Å². The smallest absolute Gasteiger partial charge is 0.231 e. The third kappa shape index (κ3) is 2.62. The van der Waals surface area contributed by atoms with Crippen LogP contribution in [0.4, 0.5) is 5.69 Å². The van der Waals surface area contributed by atoms with Gasteiger partial charge in [-0.05, 0) is 49.8 Å². The summed E-state index contributed by atoms with van der Waals surface area (Å²) in [5.74, 6) is 0.971. The van der Waals surface area contributed by atoms with Gasteiger partial charge in [-0.15, -0.1) is 0 Å². The van der Waals surface area contributed by atoms with Crippen molar-refractivity contribution in [1.29, 1.82) is 0 Å². The Balaban J connectivity index is 1.84. The number of allylic oxidation sites excluding steroid dienone is 1. The van der Waals surface area contributed by atoms with E-state index in [1.807, 2.05) is 30.3 Å². The zero-order valence-corrected chi connectivity index (χ0v) is 12.9. The van der Waals surface area contributed by atoms with Gasteiger partial charge < -0.3 is 9.64 Å². The van der Waals surface area contributed by atoms with Crippen LogP contribution in [0.2, 0.25) is 0 Å². The van der Waals surface area contributed by atoms with E-state index in [4.69, 9.17) is 4.74 Å². The van der Waals surface area contributed by atoms with Gasteiger partial charge in [0, 0.05) is 18.8 Å². The van der Waals surface area contributed by atoms with Crippen LogP contribution in [0, 0.1) is 0 Å². The molecule has 0 bridgehead atoms. The molecule has 1 aliphatic heterocycles. The van der Waals surface area contributed by atoms with Gasteiger partial charge in [0.2, 0.25) is 5.78 Å². The number of para-hydroxylation sites is 1. The normalized spacial score (nSPS) is 14.8. The average Bonchev–Trinajstić information content (AvgIpc) is 2.87. The highest BCUT2D eigenvalue weighted by molar-refractivity contribution is 6.14. The lowest BCUT2D eigenvalue weighted by Crippen LogP contribution is -2.21. The van der Waals surface area contributed by atoms with Gasteiger partial charge in [0.15, 0.2) is 5.76 Å². The minimum absolute atomic E-state index is 0.0524. The van der Waals surface area contributed by atoms with E-state index in [9.17, 15) is 4.79 Å². The van der Waals surface area contributed by atoms with Gasteiger partial charge >= 0.3 is 0 Å². The molecular weight excluding hydrogens is 274 g/mol. The summed E-state index contributed by atoms with van der Waals surface area (Å²) >= 11 is 0. The predicted octanol–water partition coefficient (Wildman–Crippen LogP) is 4.15. The van der Waals surface area contributed by atoms with Crippen LogP contribution >= 0.6 is 0 Å². The molecule has 0 saturated heterocycles. The molecule has 3 nitrogen and oxygen atoms in total. The number of Topliss-reactive ketones (excluding diaryl/α,β-unsaturated/α-hetero) is 1. The van der Waals surface area contributed by atoms with E-state index in [1.54, 1.807) is 12.1 Å². The zero-order chi connectivity index (χ0) is 15.5. The van der Waals surface area contributed by atoms with Gasteiger partial charge in [0.25, 0.3) is 0 Å². The number of fused-ring (bicyclic) bond motifs is 1.